The third-order valence-corrected chi connectivity index (χ3v) is 5.72. The van der Waals surface area contributed by atoms with Gasteiger partial charge in [-0.2, -0.15) is 13.2 Å². The third kappa shape index (κ3) is 4.46. The van der Waals surface area contributed by atoms with Gasteiger partial charge in [-0.15, -0.1) is 0 Å². The number of carbonyl (C=O) groups is 1. The second kappa shape index (κ2) is 8.30. The van der Waals surface area contributed by atoms with E-state index in [1.807, 2.05) is 0 Å². The zero-order valence-corrected chi connectivity index (χ0v) is 16.9. The van der Waals surface area contributed by atoms with Crippen LogP contribution in [0.2, 0.25) is 5.02 Å². The van der Waals surface area contributed by atoms with E-state index in [-0.39, 0.29) is 18.2 Å². The molecule has 2 heterocycles. The summed E-state index contributed by atoms with van der Waals surface area (Å²) in [7, 11) is 0. The van der Waals surface area contributed by atoms with Gasteiger partial charge in [0.05, 0.1) is 17.7 Å². The summed E-state index contributed by atoms with van der Waals surface area (Å²) in [6.07, 6.45) is 1.59. The molecule has 0 spiro atoms. The first-order valence-electron chi connectivity index (χ1n) is 9.95. The number of nitrogens with one attached hydrogen (secondary N) is 1. The molecule has 1 fully saturated rings. The number of aromatic nitrogens is 2. The first-order valence-corrected chi connectivity index (χ1v) is 10.3. The van der Waals surface area contributed by atoms with Crippen molar-refractivity contribution in [2.45, 2.75) is 50.6 Å². The molecule has 1 aliphatic rings. The number of benzene rings is 1. The Labute approximate surface area is 177 Å². The highest BCUT2D eigenvalue weighted by Crippen LogP contribution is 2.38. The van der Waals surface area contributed by atoms with Crippen LogP contribution in [-0.4, -0.2) is 15.3 Å². The zero-order valence-electron chi connectivity index (χ0n) is 16.2. The van der Waals surface area contributed by atoms with Crippen molar-refractivity contribution in [3.8, 4) is 0 Å². The molecule has 1 aliphatic carbocycles. The maximum Gasteiger partial charge on any atom is 0.417 e. The second-order valence-corrected chi connectivity index (χ2v) is 8.12. The number of pyridine rings is 1. The molecule has 158 valence electrons. The number of alkyl halides is 3. The molecule has 1 saturated carbocycles. The maximum atomic E-state index is 13.3. The molecular weight excluding hydrogens is 415 g/mol. The monoisotopic (exact) mass is 435 g/mol. The lowest BCUT2D eigenvalue weighted by molar-refractivity contribution is -0.137. The van der Waals surface area contributed by atoms with Crippen LogP contribution in [0.5, 0.6) is 0 Å². The Bertz CT molecular complexity index is 1070. The highest BCUT2D eigenvalue weighted by Gasteiger charge is 2.32. The standard InChI is InChI=1S/C22H21ClF3N3O/c23-17-8-4-5-14(11-17)12-19(30)28-21-20(15-6-2-1-3-7-15)29-13-16(22(24,25)26)9-10-18(29)27-21/h4-5,8-11,13,15H,1-3,6-7,12H2,(H,28,30). The molecule has 30 heavy (non-hydrogen) atoms. The minimum absolute atomic E-state index is 0.0544. The van der Waals surface area contributed by atoms with Gasteiger partial charge in [-0.05, 0) is 42.7 Å². The van der Waals surface area contributed by atoms with Gasteiger partial charge in [0.25, 0.3) is 0 Å². The first kappa shape index (κ1) is 20.7. The molecule has 0 bridgehead atoms. The minimum Gasteiger partial charge on any atom is -0.309 e. The van der Waals surface area contributed by atoms with E-state index in [1.165, 1.54) is 10.5 Å². The molecule has 0 aliphatic heterocycles. The molecule has 4 rings (SSSR count). The lowest BCUT2D eigenvalue weighted by Gasteiger charge is -2.23. The van der Waals surface area contributed by atoms with E-state index in [0.29, 0.717) is 22.2 Å². The van der Waals surface area contributed by atoms with E-state index >= 15 is 0 Å². The van der Waals surface area contributed by atoms with Gasteiger partial charge in [-0.3, -0.25) is 4.79 Å². The van der Waals surface area contributed by atoms with E-state index in [0.717, 1.165) is 49.9 Å². The van der Waals surface area contributed by atoms with Gasteiger partial charge in [0.2, 0.25) is 5.91 Å². The summed E-state index contributed by atoms with van der Waals surface area (Å²) < 4.78 is 41.3. The molecule has 1 aromatic carbocycles. The Morgan fingerprint density at radius 2 is 1.93 bits per heavy atom. The zero-order chi connectivity index (χ0) is 21.3. The van der Waals surface area contributed by atoms with E-state index in [1.54, 1.807) is 24.3 Å². The first-order chi connectivity index (χ1) is 14.3. The molecule has 0 atom stereocenters. The van der Waals surface area contributed by atoms with Gasteiger partial charge >= 0.3 is 6.18 Å². The third-order valence-electron chi connectivity index (χ3n) is 5.49. The van der Waals surface area contributed by atoms with Crippen molar-refractivity contribution in [1.82, 2.24) is 9.38 Å². The predicted octanol–water partition coefficient (Wildman–Crippen LogP) is 6.24. The van der Waals surface area contributed by atoms with Crippen LogP contribution in [-0.2, 0) is 17.4 Å². The number of anilines is 1. The average molecular weight is 436 g/mol. The minimum atomic E-state index is -4.45. The largest absolute Gasteiger partial charge is 0.417 e. The number of imidazole rings is 1. The van der Waals surface area contributed by atoms with Crippen LogP contribution in [0, 0.1) is 0 Å². The summed E-state index contributed by atoms with van der Waals surface area (Å²) in [4.78, 5) is 17.1. The molecule has 1 amide bonds. The number of hydrogen-bond acceptors (Lipinski definition) is 2. The highest BCUT2D eigenvalue weighted by atomic mass is 35.5. The van der Waals surface area contributed by atoms with Crippen LogP contribution < -0.4 is 5.32 Å². The van der Waals surface area contributed by atoms with Crippen molar-refractivity contribution in [2.24, 2.45) is 0 Å². The van der Waals surface area contributed by atoms with Gasteiger partial charge in [-0.25, -0.2) is 4.98 Å². The fourth-order valence-electron chi connectivity index (χ4n) is 4.10. The summed E-state index contributed by atoms with van der Waals surface area (Å²) in [5.74, 6) is 0.112. The molecule has 0 unspecified atom stereocenters. The fourth-order valence-corrected chi connectivity index (χ4v) is 4.31. The average Bonchev–Trinajstić information content (AvgIpc) is 3.04. The molecular formula is C22H21ClF3N3O. The van der Waals surface area contributed by atoms with Crippen molar-refractivity contribution in [2.75, 3.05) is 5.32 Å². The molecule has 1 N–H and O–H groups in total. The number of amides is 1. The van der Waals surface area contributed by atoms with E-state index in [9.17, 15) is 18.0 Å². The number of hydrogen-bond donors (Lipinski definition) is 1. The Hall–Kier alpha value is -2.54. The smallest absolute Gasteiger partial charge is 0.309 e. The van der Waals surface area contributed by atoms with Crippen LogP contribution in [0.3, 0.4) is 0 Å². The van der Waals surface area contributed by atoms with Crippen LogP contribution >= 0.6 is 11.6 Å². The van der Waals surface area contributed by atoms with E-state index in [2.05, 4.69) is 10.3 Å². The van der Waals surface area contributed by atoms with Gasteiger partial charge in [0.1, 0.15) is 5.65 Å². The van der Waals surface area contributed by atoms with Crippen molar-refractivity contribution in [3.63, 3.8) is 0 Å². The molecule has 8 heteroatoms. The van der Waals surface area contributed by atoms with E-state index in [4.69, 9.17) is 11.6 Å². The summed E-state index contributed by atoms with van der Waals surface area (Å²) in [6.45, 7) is 0. The van der Waals surface area contributed by atoms with Crippen molar-refractivity contribution >= 4 is 29.0 Å². The van der Waals surface area contributed by atoms with Gasteiger partial charge < -0.3 is 9.72 Å². The summed E-state index contributed by atoms with van der Waals surface area (Å²) in [5, 5.41) is 3.37. The van der Waals surface area contributed by atoms with Crippen LogP contribution in [0.25, 0.3) is 5.65 Å². The predicted molar refractivity (Wildman–Crippen MR) is 110 cm³/mol. The van der Waals surface area contributed by atoms with Crippen LogP contribution in [0.15, 0.2) is 42.6 Å². The lowest BCUT2D eigenvalue weighted by Crippen LogP contribution is -2.18. The van der Waals surface area contributed by atoms with Crippen molar-refractivity contribution in [3.05, 3.63) is 64.4 Å². The number of nitrogens with zero attached hydrogens (tertiary/aromatic N) is 2. The quantitative estimate of drug-likeness (QED) is 0.527. The molecule has 0 saturated heterocycles. The Kier molecular flexibility index (Phi) is 5.73. The Balaban J connectivity index is 1.69. The van der Waals surface area contributed by atoms with Gasteiger partial charge in [0.15, 0.2) is 5.82 Å². The molecule has 3 aromatic rings. The molecule has 4 nitrogen and oxygen atoms in total. The topological polar surface area (TPSA) is 46.4 Å². The molecule has 0 radical (unpaired) electrons. The van der Waals surface area contributed by atoms with Crippen molar-refractivity contribution < 1.29 is 18.0 Å². The van der Waals surface area contributed by atoms with Crippen LogP contribution in [0.1, 0.15) is 54.8 Å². The molecule has 2 aromatic heterocycles. The summed E-state index contributed by atoms with van der Waals surface area (Å²) >= 11 is 5.98. The number of carbonyl (C=O) groups excluding carboxylic acids is 1. The van der Waals surface area contributed by atoms with Gasteiger partial charge in [-0.1, -0.05) is 43.0 Å². The second-order valence-electron chi connectivity index (χ2n) is 7.68. The Morgan fingerprint density at radius 3 is 2.63 bits per heavy atom. The van der Waals surface area contributed by atoms with E-state index < -0.39 is 11.7 Å². The fraction of sp³-hybridized carbons (Fsp3) is 0.364. The summed E-state index contributed by atoms with van der Waals surface area (Å²) in [6, 6.07) is 9.37. The maximum absolute atomic E-state index is 13.3. The highest BCUT2D eigenvalue weighted by molar-refractivity contribution is 6.30. The SMILES string of the molecule is O=C(Cc1cccc(Cl)c1)Nc1nc2ccc(C(F)(F)F)cn2c1C1CCCCC1. The van der Waals surface area contributed by atoms with Crippen LogP contribution in [0.4, 0.5) is 19.0 Å². The lowest BCUT2D eigenvalue weighted by atomic mass is 9.86. The van der Waals surface area contributed by atoms with Crippen molar-refractivity contribution in [1.29, 1.82) is 0 Å². The van der Waals surface area contributed by atoms with Gasteiger partial charge in [0, 0.05) is 17.1 Å². The normalized spacial score (nSPS) is 15.5. The Morgan fingerprint density at radius 1 is 1.17 bits per heavy atom. The number of halogens is 4. The summed E-state index contributed by atoms with van der Waals surface area (Å²) in [5.41, 5.74) is 1.06. The number of rotatable bonds is 4. The number of fused-ring (bicyclic) bond motifs is 1.